The predicted octanol–water partition coefficient (Wildman–Crippen LogP) is 20.9. The van der Waals surface area contributed by atoms with Crippen LogP contribution >= 0.6 is 0 Å². The fourth-order valence-electron chi connectivity index (χ4n) is 12.0. The van der Waals surface area contributed by atoms with Crippen molar-refractivity contribution in [3.05, 3.63) is 138 Å². The molecule has 0 bridgehead atoms. The van der Waals surface area contributed by atoms with Crippen molar-refractivity contribution in [3.8, 4) is 46.0 Å². The van der Waals surface area contributed by atoms with Gasteiger partial charge in [-0.3, -0.25) is 0 Å². The molecule has 8 heteroatoms. The Labute approximate surface area is 509 Å². The van der Waals surface area contributed by atoms with Gasteiger partial charge in [-0.25, -0.2) is 0 Å². The number of hydrogen-bond acceptors (Lipinski definition) is 8. The molecular weight excluding hydrogens is 1040 g/mol. The summed E-state index contributed by atoms with van der Waals surface area (Å²) in [7, 11) is 0. The summed E-state index contributed by atoms with van der Waals surface area (Å²) in [6.45, 7) is 42.4. The van der Waals surface area contributed by atoms with Gasteiger partial charge in [0.2, 0.25) is 0 Å². The average molecular weight is 1150 g/mol. The van der Waals surface area contributed by atoms with Gasteiger partial charge < -0.3 is 39.4 Å². The van der Waals surface area contributed by atoms with Crippen molar-refractivity contribution in [2.24, 2.45) is 0 Å². The number of ether oxygens (including phenoxy) is 4. The molecular formula is C76H112O8. The number of hydrogen-bond donors (Lipinski definition) is 4. The summed E-state index contributed by atoms with van der Waals surface area (Å²) < 4.78 is 25.4. The highest BCUT2D eigenvalue weighted by molar-refractivity contribution is 5.59. The van der Waals surface area contributed by atoms with Gasteiger partial charge in [-0.05, 0) is 319 Å². The van der Waals surface area contributed by atoms with E-state index in [0.717, 1.165) is 207 Å². The van der Waals surface area contributed by atoms with Gasteiger partial charge in [-0.2, -0.15) is 0 Å². The third-order valence-corrected chi connectivity index (χ3v) is 19.3. The van der Waals surface area contributed by atoms with E-state index in [9.17, 15) is 20.4 Å². The number of phenolic OH excluding ortho intramolecular Hbond substituents is 4. The quantitative estimate of drug-likeness (QED) is 0.0820. The number of rotatable bonds is 16. The zero-order valence-electron chi connectivity index (χ0n) is 56.2. The second kappa shape index (κ2) is 30.0. The van der Waals surface area contributed by atoms with Crippen LogP contribution in [0.1, 0.15) is 253 Å². The molecule has 4 N–H and O–H groups in total. The predicted molar refractivity (Wildman–Crippen MR) is 353 cm³/mol. The molecule has 8 nitrogen and oxygen atoms in total. The van der Waals surface area contributed by atoms with Crippen LogP contribution in [-0.2, 0) is 25.7 Å². The highest BCUT2D eigenvalue weighted by Crippen LogP contribution is 2.47. The van der Waals surface area contributed by atoms with Crippen molar-refractivity contribution in [1.82, 2.24) is 0 Å². The number of aromatic hydroxyl groups is 4. The number of aryl methyl sites for hydroxylation is 4. The molecule has 0 radical (unpaired) electrons. The summed E-state index contributed by atoms with van der Waals surface area (Å²) in [5, 5.41) is 39.8. The minimum atomic E-state index is -0.0991. The second-order valence-electron chi connectivity index (χ2n) is 26.5. The maximum atomic E-state index is 10.2. The Kier molecular flexibility index (Phi) is 24.7. The lowest BCUT2D eigenvalue weighted by Crippen LogP contribution is -2.37. The van der Waals surface area contributed by atoms with Gasteiger partial charge in [0.05, 0.1) is 0 Å². The molecule has 464 valence electrons. The molecule has 4 heterocycles. The third kappa shape index (κ3) is 18.1. The van der Waals surface area contributed by atoms with Crippen LogP contribution in [-0.4, -0.2) is 42.8 Å². The van der Waals surface area contributed by atoms with Crippen LogP contribution in [0.3, 0.4) is 0 Å². The number of phenols is 4. The lowest BCUT2D eigenvalue weighted by atomic mass is 9.85. The zero-order valence-corrected chi connectivity index (χ0v) is 56.2. The summed E-state index contributed by atoms with van der Waals surface area (Å²) in [5.41, 5.74) is 18.2. The first-order valence-corrected chi connectivity index (χ1v) is 32.1. The van der Waals surface area contributed by atoms with Crippen molar-refractivity contribution >= 4 is 0 Å². The second-order valence-corrected chi connectivity index (χ2v) is 26.5. The molecule has 84 heavy (non-hydrogen) atoms. The first-order valence-electron chi connectivity index (χ1n) is 32.1. The SMILES string of the molecule is CC/C(C)=C/CC[C@]1(C)CCc2c(C)c(O)c(C)c(C)c2O1.CC/C(C)=C/CC[C@]1(C)CCc2c(C)c(O)cc(C)c2O1.CC/C(C)=C/CC[C@]1(C)CCc2cc(O)c(C)c(C)c2O1.CC/C(C)=C/CC[C@]1(C)CCc2cc(O)cc(C)c2O1. The van der Waals surface area contributed by atoms with E-state index in [0.29, 0.717) is 23.0 Å². The first kappa shape index (κ1) is 69.0. The van der Waals surface area contributed by atoms with Crippen molar-refractivity contribution < 1.29 is 39.4 Å². The molecule has 8 rings (SSSR count). The molecule has 0 aliphatic carbocycles. The Hall–Kier alpha value is -5.76. The maximum Gasteiger partial charge on any atom is 0.127 e. The highest BCUT2D eigenvalue weighted by Gasteiger charge is 2.37. The van der Waals surface area contributed by atoms with E-state index in [1.807, 2.05) is 66.7 Å². The summed E-state index contributed by atoms with van der Waals surface area (Å²) in [6, 6.07) is 7.31. The van der Waals surface area contributed by atoms with Crippen LogP contribution in [0, 0.1) is 55.4 Å². The van der Waals surface area contributed by atoms with E-state index in [1.54, 1.807) is 6.07 Å². The van der Waals surface area contributed by atoms with Crippen molar-refractivity contribution in [1.29, 1.82) is 0 Å². The fourth-order valence-corrected chi connectivity index (χ4v) is 12.0. The van der Waals surface area contributed by atoms with Crippen molar-refractivity contribution in [3.63, 3.8) is 0 Å². The molecule has 0 spiro atoms. The van der Waals surface area contributed by atoms with Crippen LogP contribution in [0.5, 0.6) is 46.0 Å². The number of benzene rings is 4. The molecule has 4 aliphatic heterocycles. The summed E-state index contributed by atoms with van der Waals surface area (Å²) in [4.78, 5) is 0. The van der Waals surface area contributed by atoms with E-state index in [4.69, 9.17) is 18.9 Å². The van der Waals surface area contributed by atoms with Crippen molar-refractivity contribution in [2.45, 2.75) is 289 Å². The van der Waals surface area contributed by atoms with E-state index in [1.165, 1.54) is 33.4 Å². The normalized spacial score (nSPS) is 21.9. The molecule has 0 aromatic heterocycles. The Balaban J connectivity index is 0.000000205. The van der Waals surface area contributed by atoms with Crippen LogP contribution in [0.4, 0.5) is 0 Å². The Morgan fingerprint density at radius 1 is 0.393 bits per heavy atom. The minimum Gasteiger partial charge on any atom is -0.508 e. The highest BCUT2D eigenvalue weighted by atomic mass is 16.5. The van der Waals surface area contributed by atoms with E-state index >= 15 is 0 Å². The Bertz CT molecular complexity index is 3010. The van der Waals surface area contributed by atoms with Crippen LogP contribution in [0.15, 0.2) is 70.9 Å². The number of fused-ring (bicyclic) bond motifs is 4. The number of allylic oxidation sites excluding steroid dienone is 8. The average Bonchev–Trinajstić information content (AvgIpc) is 1.52. The monoisotopic (exact) mass is 1150 g/mol. The van der Waals surface area contributed by atoms with Crippen molar-refractivity contribution in [2.75, 3.05) is 0 Å². The maximum absolute atomic E-state index is 10.2. The van der Waals surface area contributed by atoms with Gasteiger partial charge in [0.1, 0.15) is 68.4 Å². The molecule has 4 aliphatic rings. The lowest BCUT2D eigenvalue weighted by Gasteiger charge is -2.38. The summed E-state index contributed by atoms with van der Waals surface area (Å²) >= 11 is 0. The molecule has 4 atom stereocenters. The fraction of sp³-hybridized carbons (Fsp3) is 0.579. The zero-order chi connectivity index (χ0) is 62.5. The Morgan fingerprint density at radius 3 is 1.18 bits per heavy atom. The van der Waals surface area contributed by atoms with Gasteiger partial charge in [-0.1, -0.05) is 74.3 Å². The van der Waals surface area contributed by atoms with Gasteiger partial charge in [0.15, 0.2) is 0 Å². The minimum absolute atomic E-state index is 0.0841. The smallest absolute Gasteiger partial charge is 0.127 e. The van der Waals surface area contributed by atoms with E-state index in [2.05, 4.69) is 114 Å². The van der Waals surface area contributed by atoms with Gasteiger partial charge in [0, 0.05) is 11.1 Å². The van der Waals surface area contributed by atoms with E-state index < -0.39 is 0 Å². The van der Waals surface area contributed by atoms with Gasteiger partial charge >= 0.3 is 0 Å². The van der Waals surface area contributed by atoms with Gasteiger partial charge in [0.25, 0.3) is 0 Å². The standard InChI is InChI=1S/C20H30O2.2C19H28O2.C18H26O2/c1-7-13(2)9-8-11-20(6)12-10-17-16(5)18(21)14(3)15(4)19(17)22-20;1-6-13(2)8-7-10-19(5)11-9-16-12-17(20)14(3)15(4)18(16)21-19;1-6-13(2)8-7-10-19(5)11-9-16-15(4)17(20)12-14(3)18(16)21-19;1-5-13(2)7-6-9-18(4)10-8-15-12-16(19)11-14(3)17(15)20-18/h9,21H,7-8,10-12H2,1-6H3;2*8,12,20H,6-7,9-11H2,1-5H3;7,11-12,19H,5-6,8-10H2,1-4H3/b13-9+;2*13-8+;13-7+/t20-;2*19-;18-/m1111/s1. The summed E-state index contributed by atoms with van der Waals surface area (Å²) in [6.07, 6.45) is 30.3. The summed E-state index contributed by atoms with van der Waals surface area (Å²) in [5.74, 6) is 5.54. The molecule has 0 saturated heterocycles. The van der Waals surface area contributed by atoms with Crippen LogP contribution in [0.2, 0.25) is 0 Å². The largest absolute Gasteiger partial charge is 0.508 e. The van der Waals surface area contributed by atoms with Gasteiger partial charge in [-0.15, -0.1) is 0 Å². The van der Waals surface area contributed by atoms with Crippen LogP contribution < -0.4 is 18.9 Å². The lowest BCUT2D eigenvalue weighted by molar-refractivity contribution is 0.0556. The molecule has 0 amide bonds. The first-order chi connectivity index (χ1) is 39.4. The molecule has 0 unspecified atom stereocenters. The van der Waals surface area contributed by atoms with Crippen LogP contribution in [0.25, 0.3) is 0 Å². The topological polar surface area (TPSA) is 118 Å². The Morgan fingerprint density at radius 2 is 0.738 bits per heavy atom. The molecule has 0 fully saturated rings. The van der Waals surface area contributed by atoms with E-state index in [-0.39, 0.29) is 22.4 Å². The molecule has 0 saturated carbocycles. The molecule has 4 aromatic carbocycles. The third-order valence-electron chi connectivity index (χ3n) is 19.3. The molecule has 4 aromatic rings.